The lowest BCUT2D eigenvalue weighted by Crippen LogP contribution is -2.13. The van der Waals surface area contributed by atoms with E-state index in [4.69, 9.17) is 4.74 Å². The van der Waals surface area contributed by atoms with Crippen molar-refractivity contribution in [3.63, 3.8) is 0 Å². The topological polar surface area (TPSA) is 47.0 Å². The normalized spacial score (nSPS) is 10.6. The molecule has 1 heterocycles. The van der Waals surface area contributed by atoms with Crippen LogP contribution in [0.15, 0.2) is 18.7 Å². The van der Waals surface area contributed by atoms with Gasteiger partial charge in [0, 0.05) is 17.9 Å². The van der Waals surface area contributed by atoms with Crippen molar-refractivity contribution in [3.8, 4) is 0 Å². The van der Waals surface area contributed by atoms with E-state index in [-0.39, 0.29) is 0 Å². The molecule has 0 aromatic carbocycles. The molecule has 0 amide bonds. The number of anilines is 1. The van der Waals surface area contributed by atoms with Gasteiger partial charge >= 0.3 is 0 Å². The predicted molar refractivity (Wildman–Crippen MR) is 70.4 cm³/mol. The molecule has 1 aromatic heterocycles. The van der Waals surface area contributed by atoms with Gasteiger partial charge in [-0.15, -0.1) is 6.58 Å². The number of rotatable bonds is 7. The molecule has 0 bridgehead atoms. The standard InChI is InChI=1S/C13H21N3O/c1-5-7-17-8-6-14-13-15-11(4)9-12(16-13)10(2)3/h5,9-10H,1,6-8H2,2-4H3,(H,14,15,16). The summed E-state index contributed by atoms with van der Waals surface area (Å²) in [6.07, 6.45) is 1.74. The Kier molecular flexibility index (Phi) is 5.63. The Morgan fingerprint density at radius 1 is 1.47 bits per heavy atom. The molecule has 0 aliphatic rings. The van der Waals surface area contributed by atoms with Crippen LogP contribution in [0.3, 0.4) is 0 Å². The largest absolute Gasteiger partial charge is 0.376 e. The highest BCUT2D eigenvalue weighted by Gasteiger charge is 2.05. The fourth-order valence-corrected chi connectivity index (χ4v) is 1.37. The van der Waals surface area contributed by atoms with Gasteiger partial charge in [-0.25, -0.2) is 9.97 Å². The molecule has 1 aromatic rings. The summed E-state index contributed by atoms with van der Waals surface area (Å²) in [5, 5.41) is 3.16. The molecule has 0 radical (unpaired) electrons. The van der Waals surface area contributed by atoms with Crippen LogP contribution in [0.25, 0.3) is 0 Å². The summed E-state index contributed by atoms with van der Waals surface area (Å²) >= 11 is 0. The van der Waals surface area contributed by atoms with Crippen LogP contribution in [-0.4, -0.2) is 29.7 Å². The first-order valence-electron chi connectivity index (χ1n) is 5.91. The Morgan fingerprint density at radius 3 is 2.88 bits per heavy atom. The first-order valence-corrected chi connectivity index (χ1v) is 5.91. The third-order valence-electron chi connectivity index (χ3n) is 2.23. The zero-order valence-electron chi connectivity index (χ0n) is 10.9. The molecular formula is C13H21N3O. The van der Waals surface area contributed by atoms with Crippen molar-refractivity contribution in [1.29, 1.82) is 0 Å². The van der Waals surface area contributed by atoms with E-state index >= 15 is 0 Å². The molecule has 0 saturated heterocycles. The molecule has 4 heteroatoms. The number of hydrogen-bond acceptors (Lipinski definition) is 4. The summed E-state index contributed by atoms with van der Waals surface area (Å²) in [6, 6.07) is 2.02. The van der Waals surface area contributed by atoms with Gasteiger partial charge in [0.15, 0.2) is 0 Å². The summed E-state index contributed by atoms with van der Waals surface area (Å²) in [6.45, 7) is 11.7. The molecule has 0 aliphatic heterocycles. The number of hydrogen-bond donors (Lipinski definition) is 1. The van der Waals surface area contributed by atoms with E-state index in [1.807, 2.05) is 13.0 Å². The van der Waals surface area contributed by atoms with Gasteiger partial charge in [0.2, 0.25) is 5.95 Å². The quantitative estimate of drug-likeness (QED) is 0.582. The maximum atomic E-state index is 5.28. The second kappa shape index (κ2) is 7.01. The molecule has 0 atom stereocenters. The molecule has 0 aliphatic carbocycles. The number of aryl methyl sites for hydroxylation is 1. The maximum Gasteiger partial charge on any atom is 0.223 e. The minimum absolute atomic E-state index is 0.411. The summed E-state index contributed by atoms with van der Waals surface area (Å²) in [5.41, 5.74) is 2.05. The van der Waals surface area contributed by atoms with Crippen LogP contribution in [0.5, 0.6) is 0 Å². The van der Waals surface area contributed by atoms with E-state index in [1.165, 1.54) is 0 Å². The van der Waals surface area contributed by atoms with E-state index in [0.29, 0.717) is 31.6 Å². The Labute approximate surface area is 103 Å². The van der Waals surface area contributed by atoms with Crippen molar-refractivity contribution < 1.29 is 4.74 Å². The molecule has 0 saturated carbocycles. The number of nitrogens with one attached hydrogen (secondary N) is 1. The van der Waals surface area contributed by atoms with E-state index in [1.54, 1.807) is 6.08 Å². The van der Waals surface area contributed by atoms with Gasteiger partial charge < -0.3 is 10.1 Å². The molecule has 0 fully saturated rings. The van der Waals surface area contributed by atoms with E-state index in [0.717, 1.165) is 11.4 Å². The van der Waals surface area contributed by atoms with Gasteiger partial charge in [0.05, 0.1) is 13.2 Å². The Bertz CT molecular complexity index is 364. The third-order valence-corrected chi connectivity index (χ3v) is 2.23. The van der Waals surface area contributed by atoms with Crippen LogP contribution < -0.4 is 5.32 Å². The van der Waals surface area contributed by atoms with Crippen molar-refractivity contribution >= 4 is 5.95 Å². The molecule has 1 rings (SSSR count). The van der Waals surface area contributed by atoms with Gasteiger partial charge in [0.25, 0.3) is 0 Å². The lowest BCUT2D eigenvalue weighted by atomic mass is 10.1. The highest BCUT2D eigenvalue weighted by molar-refractivity contribution is 5.28. The van der Waals surface area contributed by atoms with Crippen molar-refractivity contribution in [2.45, 2.75) is 26.7 Å². The minimum Gasteiger partial charge on any atom is -0.376 e. The van der Waals surface area contributed by atoms with E-state index in [2.05, 4.69) is 35.7 Å². The molecule has 1 N–H and O–H groups in total. The van der Waals surface area contributed by atoms with Crippen molar-refractivity contribution in [2.24, 2.45) is 0 Å². The fourth-order valence-electron chi connectivity index (χ4n) is 1.37. The molecule has 0 spiro atoms. The average molecular weight is 235 g/mol. The van der Waals surface area contributed by atoms with E-state index in [9.17, 15) is 0 Å². The second-order valence-electron chi connectivity index (χ2n) is 4.20. The molecule has 94 valence electrons. The third kappa shape index (κ3) is 4.95. The predicted octanol–water partition coefficient (Wildman–Crippen LogP) is 2.52. The van der Waals surface area contributed by atoms with Gasteiger partial charge in [-0.1, -0.05) is 19.9 Å². The van der Waals surface area contributed by atoms with Crippen molar-refractivity contribution in [1.82, 2.24) is 9.97 Å². The van der Waals surface area contributed by atoms with E-state index < -0.39 is 0 Å². The first kappa shape index (κ1) is 13.6. The number of aromatic nitrogens is 2. The Hall–Kier alpha value is -1.42. The number of nitrogens with zero attached hydrogens (tertiary/aromatic N) is 2. The zero-order chi connectivity index (χ0) is 12.7. The maximum absolute atomic E-state index is 5.28. The van der Waals surface area contributed by atoms with Crippen LogP contribution in [-0.2, 0) is 4.74 Å². The lowest BCUT2D eigenvalue weighted by Gasteiger charge is -2.10. The van der Waals surface area contributed by atoms with Gasteiger partial charge in [-0.05, 0) is 18.9 Å². The summed E-state index contributed by atoms with van der Waals surface area (Å²) in [5.74, 6) is 1.09. The Balaban J connectivity index is 2.50. The summed E-state index contributed by atoms with van der Waals surface area (Å²) in [7, 11) is 0. The number of ether oxygens (including phenoxy) is 1. The minimum atomic E-state index is 0.411. The second-order valence-corrected chi connectivity index (χ2v) is 4.20. The summed E-state index contributed by atoms with van der Waals surface area (Å²) in [4.78, 5) is 8.79. The molecular weight excluding hydrogens is 214 g/mol. The van der Waals surface area contributed by atoms with Crippen LogP contribution in [0.4, 0.5) is 5.95 Å². The van der Waals surface area contributed by atoms with Crippen molar-refractivity contribution in [2.75, 3.05) is 25.1 Å². The Morgan fingerprint density at radius 2 is 2.24 bits per heavy atom. The molecule has 0 unspecified atom stereocenters. The average Bonchev–Trinajstić information content (AvgIpc) is 2.28. The zero-order valence-corrected chi connectivity index (χ0v) is 10.9. The van der Waals surface area contributed by atoms with Crippen LogP contribution >= 0.6 is 0 Å². The molecule has 17 heavy (non-hydrogen) atoms. The highest BCUT2D eigenvalue weighted by atomic mass is 16.5. The highest BCUT2D eigenvalue weighted by Crippen LogP contribution is 2.14. The van der Waals surface area contributed by atoms with Gasteiger partial charge in [0.1, 0.15) is 0 Å². The van der Waals surface area contributed by atoms with Gasteiger partial charge in [-0.2, -0.15) is 0 Å². The van der Waals surface area contributed by atoms with Crippen molar-refractivity contribution in [3.05, 3.63) is 30.1 Å². The summed E-state index contributed by atoms with van der Waals surface area (Å²) < 4.78 is 5.28. The SMILES string of the molecule is C=CCOCCNc1nc(C)cc(C(C)C)n1. The first-order chi connectivity index (χ1) is 8.13. The lowest BCUT2D eigenvalue weighted by molar-refractivity contribution is 0.173. The smallest absolute Gasteiger partial charge is 0.223 e. The molecule has 4 nitrogen and oxygen atoms in total. The van der Waals surface area contributed by atoms with Gasteiger partial charge in [-0.3, -0.25) is 0 Å². The monoisotopic (exact) mass is 235 g/mol. The van der Waals surface area contributed by atoms with Crippen LogP contribution in [0, 0.1) is 6.92 Å². The van der Waals surface area contributed by atoms with Crippen LogP contribution in [0.2, 0.25) is 0 Å². The fraction of sp³-hybridized carbons (Fsp3) is 0.538. The van der Waals surface area contributed by atoms with Crippen LogP contribution in [0.1, 0.15) is 31.2 Å².